The Morgan fingerprint density at radius 3 is 2.52 bits per heavy atom. The number of pyridine rings is 1. The third kappa shape index (κ3) is 7.56. The highest BCUT2D eigenvalue weighted by molar-refractivity contribution is 7.85. The summed E-state index contributed by atoms with van der Waals surface area (Å²) in [6, 6.07) is 12.4. The number of nitrogens with one attached hydrogen (secondary N) is 2. The van der Waals surface area contributed by atoms with Crippen LogP contribution in [0.15, 0.2) is 66.0 Å². The van der Waals surface area contributed by atoms with Crippen LogP contribution in [0.1, 0.15) is 50.3 Å². The standard InChI is InChI=1S/C22H24N6O3.C7H8O3S/c1-4-18(29)15-11-23-19(26-22(30)13-8-9-13)10-17(15)25-16-7-5-6-14(20(16)31-3)21-24-12-28(2)27-21;1-6-2-4-7(5-3-6)11(8,9)10/h5-7,10-13H,4,8-9H2,1-3H3,(H2,23,25,26,30);2-5H,1H3,(H,8,9,10)/i1D3,2D3;. The molecule has 3 N–H and O–H groups in total. The molecule has 0 spiro atoms. The van der Waals surface area contributed by atoms with Gasteiger partial charge in [-0.2, -0.15) is 13.5 Å². The number of rotatable bonds is 9. The van der Waals surface area contributed by atoms with Gasteiger partial charge in [0.15, 0.2) is 17.4 Å². The lowest BCUT2D eigenvalue weighted by Gasteiger charge is -2.16. The van der Waals surface area contributed by atoms with Crippen molar-refractivity contribution in [3.05, 3.63) is 72.2 Å². The van der Waals surface area contributed by atoms with Crippen LogP contribution in [-0.2, 0) is 21.9 Å². The summed E-state index contributed by atoms with van der Waals surface area (Å²) in [6.07, 6.45) is 3.19. The fourth-order valence-corrected chi connectivity index (χ4v) is 4.27. The summed E-state index contributed by atoms with van der Waals surface area (Å²) < 4.78 is 80.8. The van der Waals surface area contributed by atoms with Gasteiger partial charge in [-0.25, -0.2) is 9.97 Å². The molecule has 5 rings (SSSR count). The number of anilines is 3. The van der Waals surface area contributed by atoms with Crippen molar-refractivity contribution in [3.63, 3.8) is 0 Å². The fraction of sp³-hybridized carbons (Fsp3) is 0.276. The Balaban J connectivity index is 0.000000401. The number of amides is 1. The zero-order chi connectivity index (χ0) is 35.4. The first kappa shape index (κ1) is 23.0. The SMILES string of the molecule is Cc1ccc(S(=O)(=O)O)cc1.[2H]C([2H])([2H])CC(=O)c1cnc(NC(=O)C2CC2)cc1Nc1cccc(-c2ncn(C([2H])([2H])[2H])n2)c1OC. The van der Waals surface area contributed by atoms with Crippen LogP contribution in [0.4, 0.5) is 17.2 Å². The van der Waals surface area contributed by atoms with Gasteiger partial charge in [0, 0.05) is 39.8 Å². The summed E-state index contributed by atoms with van der Waals surface area (Å²) in [5.41, 5.74) is 1.91. The van der Waals surface area contributed by atoms with Gasteiger partial charge >= 0.3 is 0 Å². The van der Waals surface area contributed by atoms with Crippen LogP contribution in [-0.4, -0.2) is 51.5 Å². The lowest BCUT2D eigenvalue weighted by Crippen LogP contribution is -2.15. The van der Waals surface area contributed by atoms with Gasteiger partial charge in [0.2, 0.25) is 5.91 Å². The molecule has 0 radical (unpaired) electrons. The monoisotopic (exact) mass is 598 g/mol. The van der Waals surface area contributed by atoms with Crippen molar-refractivity contribution in [2.45, 2.75) is 37.9 Å². The molecule has 0 unspecified atom stereocenters. The Hall–Kier alpha value is -4.62. The number of carbonyl (C=O) groups is 2. The van der Waals surface area contributed by atoms with Gasteiger partial charge in [-0.1, -0.05) is 30.6 Å². The van der Waals surface area contributed by atoms with Crippen molar-refractivity contribution in [1.82, 2.24) is 19.7 Å². The zero-order valence-corrected chi connectivity index (χ0v) is 23.5. The van der Waals surface area contributed by atoms with E-state index < -0.39 is 36.1 Å². The van der Waals surface area contributed by atoms with Crippen LogP contribution >= 0.6 is 0 Å². The number of hydrogen-bond donors (Lipinski definition) is 3. The van der Waals surface area contributed by atoms with Crippen LogP contribution in [0, 0.1) is 12.8 Å². The highest BCUT2D eigenvalue weighted by atomic mass is 32.2. The second kappa shape index (κ2) is 12.9. The van der Waals surface area contributed by atoms with E-state index in [-0.39, 0.29) is 45.4 Å². The number of methoxy groups -OCH3 is 1. The molecule has 220 valence electrons. The van der Waals surface area contributed by atoms with Gasteiger partial charge < -0.3 is 15.4 Å². The lowest BCUT2D eigenvalue weighted by atomic mass is 10.1. The summed E-state index contributed by atoms with van der Waals surface area (Å²) in [5.74, 6) is -0.381. The number of ketones is 1. The summed E-state index contributed by atoms with van der Waals surface area (Å²) in [4.78, 5) is 33.2. The van der Waals surface area contributed by atoms with E-state index >= 15 is 0 Å². The molecule has 0 bridgehead atoms. The normalized spacial score (nSPS) is 15.3. The van der Waals surface area contributed by atoms with Crippen LogP contribution in [0.25, 0.3) is 11.4 Å². The van der Waals surface area contributed by atoms with E-state index in [9.17, 15) is 18.0 Å². The Labute approximate surface area is 252 Å². The highest BCUT2D eigenvalue weighted by Gasteiger charge is 2.30. The van der Waals surface area contributed by atoms with Gasteiger partial charge in [-0.15, -0.1) is 0 Å². The summed E-state index contributed by atoms with van der Waals surface area (Å²) in [7, 11) is -2.62. The average molecular weight is 599 g/mol. The number of benzene rings is 2. The average Bonchev–Trinajstić information content (AvgIpc) is 3.71. The Kier molecular flexibility index (Phi) is 7.07. The van der Waals surface area contributed by atoms with E-state index in [0.717, 1.165) is 29.4 Å². The largest absolute Gasteiger partial charge is 0.494 e. The Bertz CT molecular complexity index is 1910. The maximum atomic E-state index is 12.8. The number of para-hydroxylation sites is 1. The molecule has 1 aliphatic carbocycles. The Morgan fingerprint density at radius 2 is 1.90 bits per heavy atom. The molecule has 2 aromatic heterocycles. The number of nitrogens with zero attached hydrogens (tertiary/aromatic N) is 4. The molecule has 1 aliphatic rings. The molecule has 1 saturated carbocycles. The zero-order valence-electron chi connectivity index (χ0n) is 28.7. The molecule has 12 nitrogen and oxygen atoms in total. The van der Waals surface area contributed by atoms with E-state index in [1.807, 2.05) is 6.92 Å². The maximum absolute atomic E-state index is 12.8. The van der Waals surface area contributed by atoms with E-state index in [1.54, 1.807) is 30.3 Å². The third-order valence-electron chi connectivity index (χ3n) is 6.10. The Morgan fingerprint density at radius 1 is 1.14 bits per heavy atom. The van der Waals surface area contributed by atoms with E-state index in [2.05, 4.69) is 25.7 Å². The van der Waals surface area contributed by atoms with Crippen LogP contribution < -0.4 is 15.4 Å². The molecule has 0 atom stereocenters. The number of ether oxygens (including phenoxy) is 1. The molecule has 0 saturated heterocycles. The minimum Gasteiger partial charge on any atom is -0.494 e. The molecule has 42 heavy (non-hydrogen) atoms. The van der Waals surface area contributed by atoms with Crippen LogP contribution in [0.3, 0.4) is 0 Å². The maximum Gasteiger partial charge on any atom is 0.294 e. The quantitative estimate of drug-likeness (QED) is 0.180. The predicted molar refractivity (Wildman–Crippen MR) is 157 cm³/mol. The molecular formula is C29H32N6O6S. The van der Waals surface area contributed by atoms with Crippen molar-refractivity contribution in [1.29, 1.82) is 0 Å². The van der Waals surface area contributed by atoms with Crippen molar-refractivity contribution in [2.24, 2.45) is 12.9 Å². The number of carbonyl (C=O) groups excluding carboxylic acids is 2. The predicted octanol–water partition coefficient (Wildman–Crippen LogP) is 4.81. The van der Waals surface area contributed by atoms with Gasteiger partial charge in [-0.3, -0.25) is 18.8 Å². The van der Waals surface area contributed by atoms with Crippen LogP contribution in [0.2, 0.25) is 0 Å². The van der Waals surface area contributed by atoms with Gasteiger partial charge in [-0.05, 0) is 44.0 Å². The number of aryl methyl sites for hydroxylation is 2. The summed E-state index contributed by atoms with van der Waals surface area (Å²) in [6.45, 7) is -3.16. The molecule has 4 aromatic rings. The van der Waals surface area contributed by atoms with E-state index in [0.29, 0.717) is 11.3 Å². The topological polar surface area (TPSA) is 165 Å². The van der Waals surface area contributed by atoms with E-state index in [4.69, 9.17) is 17.5 Å². The van der Waals surface area contributed by atoms with Gasteiger partial charge in [0.05, 0.1) is 34.5 Å². The van der Waals surface area contributed by atoms with Gasteiger partial charge in [0.1, 0.15) is 12.1 Å². The number of hydrogen-bond acceptors (Lipinski definition) is 9. The van der Waals surface area contributed by atoms with Crippen molar-refractivity contribution in [2.75, 3.05) is 17.7 Å². The second-order valence-electron chi connectivity index (χ2n) is 9.29. The number of Topliss-reactive ketones (excluding diaryl/α,β-unsaturated/α-hetero) is 1. The first-order valence-electron chi connectivity index (χ1n) is 15.6. The minimum absolute atomic E-state index is 0.0119. The smallest absolute Gasteiger partial charge is 0.294 e. The van der Waals surface area contributed by atoms with Crippen molar-refractivity contribution in [3.8, 4) is 17.1 Å². The number of aromatic nitrogens is 4. The molecule has 13 heteroatoms. The van der Waals surface area contributed by atoms with Gasteiger partial charge in [0.25, 0.3) is 10.1 Å². The molecule has 2 heterocycles. The first-order valence-corrected chi connectivity index (χ1v) is 14.0. The second-order valence-corrected chi connectivity index (χ2v) is 10.7. The third-order valence-corrected chi connectivity index (χ3v) is 6.97. The fourth-order valence-electron chi connectivity index (χ4n) is 3.79. The van der Waals surface area contributed by atoms with Crippen molar-refractivity contribution < 1.29 is 35.5 Å². The van der Waals surface area contributed by atoms with Crippen LogP contribution in [0.5, 0.6) is 5.75 Å². The summed E-state index contributed by atoms with van der Waals surface area (Å²) >= 11 is 0. The molecular weight excluding hydrogens is 560 g/mol. The van der Waals surface area contributed by atoms with Crippen molar-refractivity contribution >= 4 is 39.0 Å². The highest BCUT2D eigenvalue weighted by Crippen LogP contribution is 2.37. The molecule has 1 amide bonds. The minimum atomic E-state index is -4.02. The molecule has 1 fully saturated rings. The molecule has 2 aromatic carbocycles. The van der Waals surface area contributed by atoms with E-state index in [1.165, 1.54) is 31.5 Å². The molecule has 0 aliphatic heterocycles. The lowest BCUT2D eigenvalue weighted by molar-refractivity contribution is -0.117. The first-order chi connectivity index (χ1) is 22.4. The summed E-state index contributed by atoms with van der Waals surface area (Å²) in [5, 5.41) is 9.80.